The van der Waals surface area contributed by atoms with Crippen LogP contribution in [0.5, 0.6) is 0 Å². The predicted octanol–water partition coefficient (Wildman–Crippen LogP) is -0.0867. The molecule has 0 aliphatic heterocycles. The van der Waals surface area contributed by atoms with Crippen molar-refractivity contribution < 1.29 is 0 Å². The van der Waals surface area contributed by atoms with E-state index < -0.39 is 0 Å². The molecule has 2 aromatic rings. The van der Waals surface area contributed by atoms with Crippen LogP contribution in [0.4, 0.5) is 0 Å². The number of amidine groups is 1. The molecule has 0 radical (unpaired) electrons. The third-order valence-electron chi connectivity index (χ3n) is 1.82. The maximum atomic E-state index is 5.57. The van der Waals surface area contributed by atoms with Gasteiger partial charge >= 0.3 is 0 Å². The van der Waals surface area contributed by atoms with E-state index in [4.69, 9.17) is 11.6 Å². The monoisotopic (exact) mass is 175 g/mol. The van der Waals surface area contributed by atoms with Crippen molar-refractivity contribution in [3.05, 3.63) is 36.3 Å². The minimum absolute atomic E-state index is 0.277. The number of nitrogens with zero attached hydrogens (tertiary/aromatic N) is 3. The molecule has 4 N–H and O–H groups in total. The van der Waals surface area contributed by atoms with Gasteiger partial charge in [-0.05, 0) is 12.1 Å². The van der Waals surface area contributed by atoms with Gasteiger partial charge in [0, 0.05) is 6.20 Å². The van der Waals surface area contributed by atoms with Gasteiger partial charge < -0.3 is 11.6 Å². The zero-order valence-electron chi connectivity index (χ0n) is 6.88. The topological polar surface area (TPSA) is 81.7 Å². The van der Waals surface area contributed by atoms with Crippen molar-refractivity contribution in [1.29, 1.82) is 0 Å². The Morgan fingerprint density at radius 3 is 3.08 bits per heavy atom. The lowest BCUT2D eigenvalue weighted by molar-refractivity contribution is 1.14. The van der Waals surface area contributed by atoms with Crippen molar-refractivity contribution in [3.8, 4) is 0 Å². The van der Waals surface area contributed by atoms with E-state index in [1.807, 2.05) is 28.8 Å². The van der Waals surface area contributed by atoms with Crippen LogP contribution in [0.15, 0.2) is 35.7 Å². The average Bonchev–Trinajstić information content (AvgIpc) is 2.60. The summed E-state index contributed by atoms with van der Waals surface area (Å²) in [6.07, 6.45) is 3.50. The Labute approximate surface area is 74.7 Å². The van der Waals surface area contributed by atoms with E-state index in [1.165, 1.54) is 0 Å². The van der Waals surface area contributed by atoms with E-state index in [0.717, 1.165) is 5.65 Å². The van der Waals surface area contributed by atoms with Gasteiger partial charge in [0.25, 0.3) is 0 Å². The molecule has 2 heterocycles. The van der Waals surface area contributed by atoms with E-state index >= 15 is 0 Å². The van der Waals surface area contributed by atoms with Crippen molar-refractivity contribution in [3.63, 3.8) is 0 Å². The Morgan fingerprint density at radius 1 is 1.46 bits per heavy atom. The molecule has 0 spiro atoms. The van der Waals surface area contributed by atoms with Crippen LogP contribution in [-0.2, 0) is 0 Å². The summed E-state index contributed by atoms with van der Waals surface area (Å²) in [6.45, 7) is 0. The van der Waals surface area contributed by atoms with Crippen LogP contribution >= 0.6 is 0 Å². The molecule has 5 heteroatoms. The fourth-order valence-electron chi connectivity index (χ4n) is 1.19. The standard InChI is InChI=1S/C8H9N5/c9-8(12-10)6-5-11-7-3-1-2-4-13(6)7/h1-5H,10H2,(H2,9,12). The predicted molar refractivity (Wildman–Crippen MR) is 50.1 cm³/mol. The lowest BCUT2D eigenvalue weighted by Crippen LogP contribution is -2.17. The summed E-state index contributed by atoms with van der Waals surface area (Å²) in [5, 5.41) is 3.41. The molecular weight excluding hydrogens is 166 g/mol. The lowest BCUT2D eigenvalue weighted by Gasteiger charge is -1.97. The Balaban J connectivity index is 2.71. The molecule has 5 nitrogen and oxygen atoms in total. The van der Waals surface area contributed by atoms with Crippen LogP contribution in [0.25, 0.3) is 5.65 Å². The van der Waals surface area contributed by atoms with Crippen LogP contribution in [-0.4, -0.2) is 15.2 Å². The number of pyridine rings is 1. The summed E-state index contributed by atoms with van der Waals surface area (Å²) in [5.41, 5.74) is 7.10. The van der Waals surface area contributed by atoms with Gasteiger partial charge in [-0.25, -0.2) is 4.98 Å². The lowest BCUT2D eigenvalue weighted by atomic mass is 10.4. The third-order valence-corrected chi connectivity index (χ3v) is 1.82. The van der Waals surface area contributed by atoms with Crippen molar-refractivity contribution in [2.24, 2.45) is 16.7 Å². The molecule has 2 aromatic heterocycles. The summed E-state index contributed by atoms with van der Waals surface area (Å²) in [5.74, 6) is 5.35. The maximum Gasteiger partial charge on any atom is 0.168 e. The van der Waals surface area contributed by atoms with E-state index in [0.29, 0.717) is 5.69 Å². The molecule has 0 saturated heterocycles. The number of hydrazone groups is 1. The van der Waals surface area contributed by atoms with Crippen molar-refractivity contribution in [2.45, 2.75) is 0 Å². The van der Waals surface area contributed by atoms with Gasteiger partial charge in [0.2, 0.25) is 0 Å². The minimum atomic E-state index is 0.277. The Kier molecular flexibility index (Phi) is 1.63. The Hall–Kier alpha value is -2.04. The summed E-state index contributed by atoms with van der Waals surface area (Å²) in [7, 11) is 0. The molecule has 2 rings (SSSR count). The quantitative estimate of drug-likeness (QED) is 0.275. The molecule has 0 saturated carbocycles. The molecule has 0 aliphatic carbocycles. The zero-order chi connectivity index (χ0) is 9.26. The summed E-state index contributed by atoms with van der Waals surface area (Å²) >= 11 is 0. The van der Waals surface area contributed by atoms with E-state index in [1.54, 1.807) is 6.20 Å². The SMILES string of the molecule is NN=C(N)c1cnc2ccccn12. The summed E-state index contributed by atoms with van der Waals surface area (Å²) < 4.78 is 1.83. The first-order valence-electron chi connectivity index (χ1n) is 3.79. The summed E-state index contributed by atoms with van der Waals surface area (Å²) in [6, 6.07) is 5.68. The number of aromatic nitrogens is 2. The first-order chi connectivity index (χ1) is 6.33. The van der Waals surface area contributed by atoms with Gasteiger partial charge in [0.05, 0.1) is 6.20 Å². The fourth-order valence-corrected chi connectivity index (χ4v) is 1.19. The van der Waals surface area contributed by atoms with Crippen LogP contribution in [0.2, 0.25) is 0 Å². The number of nitrogens with two attached hydrogens (primary N) is 2. The molecule has 0 fully saturated rings. The number of fused-ring (bicyclic) bond motifs is 1. The highest BCUT2D eigenvalue weighted by atomic mass is 15.2. The molecule has 0 amide bonds. The minimum Gasteiger partial charge on any atom is -0.380 e. The fraction of sp³-hybridized carbons (Fsp3) is 0. The highest BCUT2D eigenvalue weighted by Crippen LogP contribution is 2.04. The molecule has 0 atom stereocenters. The number of hydrogen-bond donors (Lipinski definition) is 2. The van der Waals surface area contributed by atoms with E-state index in [9.17, 15) is 0 Å². The Morgan fingerprint density at radius 2 is 2.31 bits per heavy atom. The first kappa shape index (κ1) is 7.60. The Bertz CT molecular complexity index is 456. The van der Waals surface area contributed by atoms with Gasteiger partial charge in [-0.3, -0.25) is 4.40 Å². The van der Waals surface area contributed by atoms with E-state index in [2.05, 4.69) is 10.1 Å². The number of hydrogen-bond acceptors (Lipinski definition) is 3. The molecule has 0 bridgehead atoms. The van der Waals surface area contributed by atoms with Gasteiger partial charge in [-0.1, -0.05) is 6.07 Å². The largest absolute Gasteiger partial charge is 0.380 e. The van der Waals surface area contributed by atoms with Crippen molar-refractivity contribution in [2.75, 3.05) is 0 Å². The summed E-state index contributed by atoms with van der Waals surface area (Å²) in [4.78, 5) is 4.13. The van der Waals surface area contributed by atoms with Gasteiger partial charge in [0.15, 0.2) is 5.84 Å². The van der Waals surface area contributed by atoms with Gasteiger partial charge in [-0.2, -0.15) is 5.10 Å². The maximum absolute atomic E-state index is 5.57. The van der Waals surface area contributed by atoms with Gasteiger partial charge in [0.1, 0.15) is 11.3 Å². The van der Waals surface area contributed by atoms with Gasteiger partial charge in [-0.15, -0.1) is 0 Å². The molecule has 0 unspecified atom stereocenters. The normalized spacial score (nSPS) is 12.2. The second-order valence-electron chi connectivity index (χ2n) is 2.59. The second kappa shape index (κ2) is 2.78. The third kappa shape index (κ3) is 1.10. The average molecular weight is 175 g/mol. The highest BCUT2D eigenvalue weighted by Gasteiger charge is 2.04. The van der Waals surface area contributed by atoms with Crippen molar-refractivity contribution in [1.82, 2.24) is 9.38 Å². The molecule has 66 valence electrons. The number of rotatable bonds is 1. The first-order valence-corrected chi connectivity index (χ1v) is 3.79. The number of imidazole rings is 1. The highest BCUT2D eigenvalue weighted by molar-refractivity contribution is 5.96. The smallest absolute Gasteiger partial charge is 0.168 e. The van der Waals surface area contributed by atoms with Crippen LogP contribution in [0.1, 0.15) is 5.69 Å². The van der Waals surface area contributed by atoms with E-state index in [-0.39, 0.29) is 5.84 Å². The second-order valence-corrected chi connectivity index (χ2v) is 2.59. The van der Waals surface area contributed by atoms with Crippen LogP contribution in [0.3, 0.4) is 0 Å². The van der Waals surface area contributed by atoms with Crippen LogP contribution in [0, 0.1) is 0 Å². The van der Waals surface area contributed by atoms with Crippen LogP contribution < -0.4 is 11.6 Å². The molecule has 0 aliphatic rings. The molecular formula is C8H9N5. The molecule has 13 heavy (non-hydrogen) atoms. The molecule has 0 aromatic carbocycles. The zero-order valence-corrected chi connectivity index (χ0v) is 6.88. The van der Waals surface area contributed by atoms with Crippen molar-refractivity contribution >= 4 is 11.5 Å².